The van der Waals surface area contributed by atoms with E-state index in [1.165, 1.54) is 0 Å². The van der Waals surface area contributed by atoms with Gasteiger partial charge >= 0.3 is 0 Å². The van der Waals surface area contributed by atoms with Crippen molar-refractivity contribution >= 4 is 22.7 Å². The Balaban J connectivity index is 2.91. The second-order valence-electron chi connectivity index (χ2n) is 2.29. The highest BCUT2D eigenvalue weighted by molar-refractivity contribution is 6.34. The number of pyridine rings is 1. The summed E-state index contributed by atoms with van der Waals surface area (Å²) in [5.74, 6) is 0. The Morgan fingerprint density at radius 1 is 1.55 bits per heavy atom. The maximum atomic E-state index is 5.83. The summed E-state index contributed by atoms with van der Waals surface area (Å²) in [6.07, 6.45) is 1.55. The summed E-state index contributed by atoms with van der Waals surface area (Å²) in [7, 11) is 0. The van der Waals surface area contributed by atoms with Gasteiger partial charge in [-0.1, -0.05) is 16.8 Å². The van der Waals surface area contributed by atoms with Crippen molar-refractivity contribution in [1.82, 2.24) is 10.1 Å². The predicted octanol–water partition coefficient (Wildman–Crippen LogP) is 2.18. The molecular formula is C7H5ClN2O. The van der Waals surface area contributed by atoms with Crippen LogP contribution in [0.2, 0.25) is 5.02 Å². The molecule has 0 saturated carbocycles. The number of rotatable bonds is 0. The van der Waals surface area contributed by atoms with E-state index in [1.54, 1.807) is 12.3 Å². The molecule has 4 heteroatoms. The SMILES string of the molecule is Cc1cc(Cl)c2oncc2n1. The maximum absolute atomic E-state index is 5.83. The van der Waals surface area contributed by atoms with Gasteiger partial charge in [-0.15, -0.1) is 0 Å². The predicted molar refractivity (Wildman–Crippen MR) is 41.6 cm³/mol. The first-order valence-electron chi connectivity index (χ1n) is 3.15. The molecule has 3 nitrogen and oxygen atoms in total. The van der Waals surface area contributed by atoms with E-state index < -0.39 is 0 Å². The Bertz CT molecular complexity index is 396. The molecule has 56 valence electrons. The number of aryl methyl sites for hydroxylation is 1. The molecule has 0 aliphatic rings. The molecule has 0 aromatic carbocycles. The molecule has 2 aromatic heterocycles. The molecule has 0 saturated heterocycles. The summed E-state index contributed by atoms with van der Waals surface area (Å²) in [6, 6.07) is 1.75. The fraction of sp³-hybridized carbons (Fsp3) is 0.143. The highest BCUT2D eigenvalue weighted by atomic mass is 35.5. The van der Waals surface area contributed by atoms with E-state index in [1.807, 2.05) is 6.92 Å². The quantitative estimate of drug-likeness (QED) is 0.605. The summed E-state index contributed by atoms with van der Waals surface area (Å²) < 4.78 is 4.86. The van der Waals surface area contributed by atoms with Crippen molar-refractivity contribution in [3.8, 4) is 0 Å². The van der Waals surface area contributed by atoms with Crippen molar-refractivity contribution < 1.29 is 4.52 Å². The fourth-order valence-electron chi connectivity index (χ4n) is 0.951. The van der Waals surface area contributed by atoms with Crippen LogP contribution in [0, 0.1) is 6.92 Å². The number of aromatic nitrogens is 2. The molecule has 2 heterocycles. The van der Waals surface area contributed by atoms with Crippen LogP contribution in [0.3, 0.4) is 0 Å². The van der Waals surface area contributed by atoms with Crippen LogP contribution in [-0.4, -0.2) is 10.1 Å². The van der Waals surface area contributed by atoms with Gasteiger partial charge in [-0.05, 0) is 13.0 Å². The number of hydrogen-bond acceptors (Lipinski definition) is 3. The summed E-state index contributed by atoms with van der Waals surface area (Å²) in [6.45, 7) is 1.87. The van der Waals surface area contributed by atoms with Crippen molar-refractivity contribution in [3.63, 3.8) is 0 Å². The third kappa shape index (κ3) is 0.973. The third-order valence-corrected chi connectivity index (χ3v) is 1.68. The Morgan fingerprint density at radius 2 is 2.36 bits per heavy atom. The van der Waals surface area contributed by atoms with Gasteiger partial charge in [0.15, 0.2) is 0 Å². The van der Waals surface area contributed by atoms with Crippen LogP contribution in [0.5, 0.6) is 0 Å². The molecule has 0 unspecified atom stereocenters. The average molecular weight is 169 g/mol. The number of hydrogen-bond donors (Lipinski definition) is 0. The lowest BCUT2D eigenvalue weighted by molar-refractivity contribution is 0.456. The Morgan fingerprint density at radius 3 is 3.18 bits per heavy atom. The average Bonchev–Trinajstić information content (AvgIpc) is 2.34. The highest BCUT2D eigenvalue weighted by Crippen LogP contribution is 2.21. The molecule has 0 aliphatic carbocycles. The lowest BCUT2D eigenvalue weighted by Crippen LogP contribution is -1.79. The van der Waals surface area contributed by atoms with Crippen molar-refractivity contribution in [1.29, 1.82) is 0 Å². The molecular weight excluding hydrogens is 164 g/mol. The van der Waals surface area contributed by atoms with Crippen molar-refractivity contribution in [2.75, 3.05) is 0 Å². The summed E-state index contributed by atoms with van der Waals surface area (Å²) in [4.78, 5) is 4.16. The first-order valence-corrected chi connectivity index (χ1v) is 3.53. The smallest absolute Gasteiger partial charge is 0.203 e. The molecule has 0 spiro atoms. The van der Waals surface area contributed by atoms with Gasteiger partial charge in [0.2, 0.25) is 5.58 Å². The largest absolute Gasteiger partial charge is 0.353 e. The second-order valence-corrected chi connectivity index (χ2v) is 2.69. The van der Waals surface area contributed by atoms with Gasteiger partial charge in [0.25, 0.3) is 0 Å². The van der Waals surface area contributed by atoms with Gasteiger partial charge < -0.3 is 4.52 Å². The molecule has 2 aromatic rings. The zero-order chi connectivity index (χ0) is 7.84. The first-order chi connectivity index (χ1) is 5.27. The van der Waals surface area contributed by atoms with Crippen LogP contribution in [0.25, 0.3) is 11.1 Å². The number of fused-ring (bicyclic) bond motifs is 1. The monoisotopic (exact) mass is 168 g/mol. The van der Waals surface area contributed by atoms with Crippen LogP contribution in [-0.2, 0) is 0 Å². The van der Waals surface area contributed by atoms with Crippen LogP contribution in [0.4, 0.5) is 0 Å². The highest BCUT2D eigenvalue weighted by Gasteiger charge is 2.04. The van der Waals surface area contributed by atoms with Crippen molar-refractivity contribution in [2.45, 2.75) is 6.92 Å². The van der Waals surface area contributed by atoms with Gasteiger partial charge in [0.1, 0.15) is 5.52 Å². The Hall–Kier alpha value is -1.09. The maximum Gasteiger partial charge on any atom is 0.203 e. The summed E-state index contributed by atoms with van der Waals surface area (Å²) in [5.41, 5.74) is 2.12. The molecule has 0 radical (unpaired) electrons. The lowest BCUT2D eigenvalue weighted by Gasteiger charge is -1.91. The molecule has 0 bridgehead atoms. The standard InChI is InChI=1S/C7H5ClN2O/c1-4-2-5(8)7-6(10-4)3-9-11-7/h2-3H,1H3. The zero-order valence-corrected chi connectivity index (χ0v) is 6.59. The first kappa shape index (κ1) is 6.61. The van der Waals surface area contributed by atoms with E-state index in [4.69, 9.17) is 16.1 Å². The van der Waals surface area contributed by atoms with Crippen LogP contribution in [0.15, 0.2) is 16.8 Å². The topological polar surface area (TPSA) is 38.9 Å². The molecule has 0 amide bonds. The van der Waals surface area contributed by atoms with Gasteiger partial charge in [0, 0.05) is 5.69 Å². The van der Waals surface area contributed by atoms with E-state index in [0.29, 0.717) is 16.1 Å². The van der Waals surface area contributed by atoms with Gasteiger partial charge in [-0.3, -0.25) is 0 Å². The molecule has 2 rings (SSSR count). The van der Waals surface area contributed by atoms with Crippen LogP contribution < -0.4 is 0 Å². The fourth-order valence-corrected chi connectivity index (χ4v) is 1.24. The van der Waals surface area contributed by atoms with E-state index in [2.05, 4.69) is 10.1 Å². The van der Waals surface area contributed by atoms with Gasteiger partial charge in [-0.25, -0.2) is 4.98 Å². The van der Waals surface area contributed by atoms with Crippen LogP contribution >= 0.6 is 11.6 Å². The minimum atomic E-state index is 0.553. The van der Waals surface area contributed by atoms with Crippen molar-refractivity contribution in [2.24, 2.45) is 0 Å². The molecule has 11 heavy (non-hydrogen) atoms. The molecule has 0 atom stereocenters. The van der Waals surface area contributed by atoms with E-state index in [9.17, 15) is 0 Å². The van der Waals surface area contributed by atoms with E-state index >= 15 is 0 Å². The van der Waals surface area contributed by atoms with Crippen LogP contribution in [0.1, 0.15) is 5.69 Å². The number of halogens is 1. The zero-order valence-electron chi connectivity index (χ0n) is 5.84. The third-order valence-electron chi connectivity index (χ3n) is 1.40. The Kier molecular flexibility index (Phi) is 1.32. The number of nitrogens with zero attached hydrogens (tertiary/aromatic N) is 2. The summed E-state index contributed by atoms with van der Waals surface area (Å²) in [5, 5.41) is 4.14. The van der Waals surface area contributed by atoms with Gasteiger partial charge in [-0.2, -0.15) is 0 Å². The lowest BCUT2D eigenvalue weighted by atomic mass is 10.3. The molecule has 0 aliphatic heterocycles. The van der Waals surface area contributed by atoms with Gasteiger partial charge in [0.05, 0.1) is 11.2 Å². The molecule has 0 fully saturated rings. The van der Waals surface area contributed by atoms with Crippen molar-refractivity contribution in [3.05, 3.63) is 23.0 Å². The molecule has 0 N–H and O–H groups in total. The normalized spacial score (nSPS) is 10.7. The van der Waals surface area contributed by atoms with E-state index in [0.717, 1.165) is 5.69 Å². The minimum Gasteiger partial charge on any atom is -0.353 e. The minimum absolute atomic E-state index is 0.553. The van der Waals surface area contributed by atoms with E-state index in [-0.39, 0.29) is 0 Å². The summed E-state index contributed by atoms with van der Waals surface area (Å²) >= 11 is 5.83. The Labute approximate surface area is 68.0 Å². The second kappa shape index (κ2) is 2.20.